The lowest BCUT2D eigenvalue weighted by Crippen LogP contribution is -2.21. The molecule has 0 atom stereocenters. The molecule has 2 nitrogen and oxygen atoms in total. The van der Waals surface area contributed by atoms with Gasteiger partial charge in [0, 0.05) is 24.8 Å². The summed E-state index contributed by atoms with van der Waals surface area (Å²) in [4.78, 5) is 13.3. The van der Waals surface area contributed by atoms with Gasteiger partial charge in [-0.05, 0) is 31.0 Å². The van der Waals surface area contributed by atoms with Gasteiger partial charge in [-0.2, -0.15) is 0 Å². The van der Waals surface area contributed by atoms with Crippen LogP contribution in [-0.4, -0.2) is 19.9 Å². The van der Waals surface area contributed by atoms with Crippen LogP contribution in [0.3, 0.4) is 0 Å². The van der Waals surface area contributed by atoms with Gasteiger partial charge in [0.25, 0.3) is 0 Å². The smallest absolute Gasteiger partial charge is 0.152 e. The van der Waals surface area contributed by atoms with Crippen molar-refractivity contribution in [1.29, 1.82) is 0 Å². The highest BCUT2D eigenvalue weighted by Crippen LogP contribution is 2.19. The fraction of sp³-hybridized carbons (Fsp3) is 0.235. The molecule has 0 bridgehead atoms. The van der Waals surface area contributed by atoms with E-state index in [1.807, 2.05) is 38.2 Å². The van der Waals surface area contributed by atoms with E-state index in [4.69, 9.17) is 0 Å². The second kappa shape index (κ2) is 6.19. The first-order valence-electron chi connectivity index (χ1n) is 6.51. The summed E-state index contributed by atoms with van der Waals surface area (Å²) in [6.45, 7) is 2.90. The normalized spacial score (nSPS) is 10.2. The van der Waals surface area contributed by atoms with Gasteiger partial charge in [0.2, 0.25) is 0 Å². The van der Waals surface area contributed by atoms with Gasteiger partial charge in [0.1, 0.15) is 0 Å². The lowest BCUT2D eigenvalue weighted by atomic mass is 10.1. The minimum Gasteiger partial charge on any atom is -0.374 e. The molecule has 0 aromatic heterocycles. The third-order valence-corrected chi connectivity index (χ3v) is 3.30. The van der Waals surface area contributed by atoms with Crippen LogP contribution in [0.4, 0.5) is 5.69 Å². The maximum atomic E-state index is 11.1. The van der Waals surface area contributed by atoms with Crippen molar-refractivity contribution in [2.45, 2.75) is 13.3 Å². The first-order chi connectivity index (χ1) is 9.20. The molecule has 0 spiro atoms. The molecule has 0 saturated heterocycles. The highest BCUT2D eigenvalue weighted by molar-refractivity contribution is 5.84. The summed E-state index contributed by atoms with van der Waals surface area (Å²) < 4.78 is 0. The van der Waals surface area contributed by atoms with Crippen LogP contribution in [0.25, 0.3) is 0 Å². The molecular weight excluding hydrogens is 234 g/mol. The lowest BCUT2D eigenvalue weighted by Gasteiger charge is -2.21. The van der Waals surface area contributed by atoms with E-state index in [1.165, 1.54) is 5.56 Å². The molecule has 0 unspecified atom stereocenters. The molecule has 0 fully saturated rings. The summed E-state index contributed by atoms with van der Waals surface area (Å²) in [6, 6.07) is 16.4. The second-order valence-electron chi connectivity index (χ2n) is 4.84. The summed E-state index contributed by atoms with van der Waals surface area (Å²) in [5.74, 6) is 0. The standard InChI is InChI=1S/C17H19NO/c1-14-8-9-17(16(12-14)13-19)18(2)11-10-15-6-4-3-5-7-15/h3-9,12-13H,10-11H2,1-2H3. The summed E-state index contributed by atoms with van der Waals surface area (Å²) in [5, 5.41) is 0. The highest BCUT2D eigenvalue weighted by Gasteiger charge is 2.07. The van der Waals surface area contributed by atoms with Gasteiger partial charge in [-0.1, -0.05) is 42.0 Å². The van der Waals surface area contributed by atoms with Crippen LogP contribution in [0.15, 0.2) is 48.5 Å². The quantitative estimate of drug-likeness (QED) is 0.760. The zero-order valence-corrected chi connectivity index (χ0v) is 11.5. The minimum absolute atomic E-state index is 0.760. The van der Waals surface area contributed by atoms with Gasteiger partial charge in [-0.3, -0.25) is 4.79 Å². The van der Waals surface area contributed by atoms with Gasteiger partial charge < -0.3 is 4.90 Å². The SMILES string of the molecule is Cc1ccc(N(C)CCc2ccccc2)c(C=O)c1. The Morgan fingerprint density at radius 3 is 2.53 bits per heavy atom. The molecule has 98 valence electrons. The Morgan fingerprint density at radius 2 is 1.84 bits per heavy atom. The molecule has 0 aliphatic carbocycles. The van der Waals surface area contributed by atoms with Gasteiger partial charge in [-0.25, -0.2) is 0 Å². The summed E-state index contributed by atoms with van der Waals surface area (Å²) >= 11 is 0. The van der Waals surface area contributed by atoms with Crippen LogP contribution >= 0.6 is 0 Å². The predicted octanol–water partition coefficient (Wildman–Crippen LogP) is 3.49. The first kappa shape index (κ1) is 13.3. The van der Waals surface area contributed by atoms with Crippen LogP contribution in [0.5, 0.6) is 0 Å². The molecule has 0 aliphatic heterocycles. The zero-order valence-electron chi connectivity index (χ0n) is 11.5. The van der Waals surface area contributed by atoms with Crippen molar-refractivity contribution in [1.82, 2.24) is 0 Å². The largest absolute Gasteiger partial charge is 0.374 e. The topological polar surface area (TPSA) is 20.3 Å². The molecule has 0 radical (unpaired) electrons. The molecule has 0 aliphatic rings. The molecule has 19 heavy (non-hydrogen) atoms. The molecule has 2 heteroatoms. The third-order valence-electron chi connectivity index (χ3n) is 3.30. The Labute approximate surface area is 114 Å². The molecule has 0 saturated carbocycles. The van der Waals surface area contributed by atoms with E-state index >= 15 is 0 Å². The Kier molecular flexibility index (Phi) is 4.35. The number of rotatable bonds is 5. The number of aldehydes is 1. The van der Waals surface area contributed by atoms with Crippen molar-refractivity contribution >= 4 is 12.0 Å². The van der Waals surface area contributed by atoms with Crippen LogP contribution in [-0.2, 0) is 6.42 Å². The molecule has 2 aromatic rings. The van der Waals surface area contributed by atoms with E-state index in [1.54, 1.807) is 0 Å². The van der Waals surface area contributed by atoms with E-state index in [-0.39, 0.29) is 0 Å². The molecule has 2 rings (SSSR count). The average molecular weight is 253 g/mol. The van der Waals surface area contributed by atoms with Gasteiger partial charge in [0.15, 0.2) is 6.29 Å². The number of carbonyl (C=O) groups excluding carboxylic acids is 1. The summed E-state index contributed by atoms with van der Waals surface area (Å²) in [6.07, 6.45) is 1.91. The number of hydrogen-bond donors (Lipinski definition) is 0. The van der Waals surface area contributed by atoms with E-state index in [0.717, 1.165) is 36.1 Å². The second-order valence-corrected chi connectivity index (χ2v) is 4.84. The number of likely N-dealkylation sites (N-methyl/N-ethyl adjacent to an activating group) is 1. The van der Waals surface area contributed by atoms with Crippen molar-refractivity contribution in [2.24, 2.45) is 0 Å². The van der Waals surface area contributed by atoms with Crippen molar-refractivity contribution in [3.8, 4) is 0 Å². The molecule has 2 aromatic carbocycles. The fourth-order valence-corrected chi connectivity index (χ4v) is 2.18. The number of benzene rings is 2. The van der Waals surface area contributed by atoms with Gasteiger partial charge >= 0.3 is 0 Å². The van der Waals surface area contributed by atoms with Gasteiger partial charge in [-0.15, -0.1) is 0 Å². The number of aryl methyl sites for hydroxylation is 1. The van der Waals surface area contributed by atoms with Crippen molar-refractivity contribution in [3.63, 3.8) is 0 Å². The van der Waals surface area contributed by atoms with Gasteiger partial charge in [0.05, 0.1) is 0 Å². The van der Waals surface area contributed by atoms with Crippen LogP contribution < -0.4 is 4.90 Å². The van der Waals surface area contributed by atoms with Crippen LogP contribution in [0.2, 0.25) is 0 Å². The maximum absolute atomic E-state index is 11.1. The van der Waals surface area contributed by atoms with E-state index in [0.29, 0.717) is 0 Å². The van der Waals surface area contributed by atoms with Crippen molar-refractivity contribution in [3.05, 3.63) is 65.2 Å². The number of hydrogen-bond acceptors (Lipinski definition) is 2. The Hall–Kier alpha value is -2.09. The number of anilines is 1. The zero-order chi connectivity index (χ0) is 13.7. The van der Waals surface area contributed by atoms with E-state index in [9.17, 15) is 4.79 Å². The van der Waals surface area contributed by atoms with Crippen molar-refractivity contribution < 1.29 is 4.79 Å². The summed E-state index contributed by atoms with van der Waals surface area (Å²) in [7, 11) is 2.03. The average Bonchev–Trinajstić information content (AvgIpc) is 2.45. The van der Waals surface area contributed by atoms with Crippen LogP contribution in [0, 0.1) is 6.92 Å². The molecule has 0 heterocycles. The Morgan fingerprint density at radius 1 is 1.11 bits per heavy atom. The lowest BCUT2D eigenvalue weighted by molar-refractivity contribution is 0.112. The number of nitrogens with zero attached hydrogens (tertiary/aromatic N) is 1. The molecular formula is C17H19NO. The Balaban J connectivity index is 2.08. The monoisotopic (exact) mass is 253 g/mol. The fourth-order valence-electron chi connectivity index (χ4n) is 2.18. The number of carbonyl (C=O) groups is 1. The third kappa shape index (κ3) is 3.44. The Bertz CT molecular complexity index is 548. The van der Waals surface area contributed by atoms with Crippen LogP contribution in [0.1, 0.15) is 21.5 Å². The predicted molar refractivity (Wildman–Crippen MR) is 80.0 cm³/mol. The van der Waals surface area contributed by atoms with E-state index < -0.39 is 0 Å². The summed E-state index contributed by atoms with van der Waals surface area (Å²) in [5.41, 5.74) is 4.18. The highest BCUT2D eigenvalue weighted by atomic mass is 16.1. The van der Waals surface area contributed by atoms with Crippen molar-refractivity contribution in [2.75, 3.05) is 18.5 Å². The minimum atomic E-state index is 0.760. The first-order valence-corrected chi connectivity index (χ1v) is 6.51. The van der Waals surface area contributed by atoms with E-state index in [2.05, 4.69) is 29.2 Å². The molecule has 0 amide bonds. The molecule has 0 N–H and O–H groups in total. The maximum Gasteiger partial charge on any atom is 0.152 e.